The summed E-state index contributed by atoms with van der Waals surface area (Å²) in [4.78, 5) is 40.7. The van der Waals surface area contributed by atoms with Gasteiger partial charge in [-0.25, -0.2) is 0 Å². The van der Waals surface area contributed by atoms with Gasteiger partial charge >= 0.3 is 0 Å². The van der Waals surface area contributed by atoms with Crippen molar-refractivity contribution < 1.29 is 19.1 Å². The molecular formula is C25H31N3O4. The molecule has 7 heteroatoms. The van der Waals surface area contributed by atoms with E-state index in [0.29, 0.717) is 45.4 Å². The fourth-order valence-electron chi connectivity index (χ4n) is 4.75. The monoisotopic (exact) mass is 437 g/mol. The molecule has 3 amide bonds. The van der Waals surface area contributed by atoms with Gasteiger partial charge in [-0.3, -0.25) is 14.4 Å². The third kappa shape index (κ3) is 4.87. The Bertz CT molecular complexity index is 1010. The number of fused-ring (bicyclic) bond motifs is 1. The second-order valence-corrected chi connectivity index (χ2v) is 8.60. The van der Waals surface area contributed by atoms with Crippen molar-refractivity contribution in [1.82, 2.24) is 15.1 Å². The molecule has 0 bridgehead atoms. The zero-order valence-electron chi connectivity index (χ0n) is 18.6. The summed E-state index contributed by atoms with van der Waals surface area (Å²) in [7, 11) is 1.63. The number of carbonyl (C=O) groups is 3. The summed E-state index contributed by atoms with van der Waals surface area (Å²) in [5.74, 6) is 0.795. The van der Waals surface area contributed by atoms with Gasteiger partial charge in [-0.05, 0) is 36.1 Å². The highest BCUT2D eigenvalue weighted by Gasteiger charge is 2.30. The first kappa shape index (κ1) is 22.1. The highest BCUT2D eigenvalue weighted by Crippen LogP contribution is 2.28. The molecule has 2 saturated heterocycles. The van der Waals surface area contributed by atoms with E-state index in [4.69, 9.17) is 4.74 Å². The average Bonchev–Trinajstić information content (AvgIpc) is 3.22. The van der Waals surface area contributed by atoms with Gasteiger partial charge in [-0.2, -0.15) is 0 Å². The van der Waals surface area contributed by atoms with Gasteiger partial charge < -0.3 is 19.9 Å². The van der Waals surface area contributed by atoms with Crippen LogP contribution < -0.4 is 10.1 Å². The van der Waals surface area contributed by atoms with Crippen LogP contribution in [0.5, 0.6) is 5.75 Å². The van der Waals surface area contributed by atoms with Gasteiger partial charge in [0.25, 0.3) is 0 Å². The fourth-order valence-corrected chi connectivity index (χ4v) is 4.75. The summed E-state index contributed by atoms with van der Waals surface area (Å²) in [6.07, 6.45) is 3.26. The molecule has 32 heavy (non-hydrogen) atoms. The predicted molar refractivity (Wildman–Crippen MR) is 122 cm³/mol. The molecule has 0 aromatic heterocycles. The molecular weight excluding hydrogens is 406 g/mol. The van der Waals surface area contributed by atoms with E-state index in [1.54, 1.807) is 12.0 Å². The quantitative estimate of drug-likeness (QED) is 0.689. The Kier molecular flexibility index (Phi) is 6.93. The van der Waals surface area contributed by atoms with E-state index >= 15 is 0 Å². The van der Waals surface area contributed by atoms with Crippen LogP contribution >= 0.6 is 0 Å². The Balaban J connectivity index is 1.34. The van der Waals surface area contributed by atoms with Crippen LogP contribution in [0.15, 0.2) is 36.4 Å². The second kappa shape index (κ2) is 10.0. The number of amides is 3. The third-order valence-corrected chi connectivity index (χ3v) is 6.56. The van der Waals surface area contributed by atoms with E-state index in [-0.39, 0.29) is 23.6 Å². The fraction of sp³-hybridized carbons (Fsp3) is 0.480. The smallest absolute Gasteiger partial charge is 0.225 e. The molecule has 2 aliphatic rings. The van der Waals surface area contributed by atoms with Crippen LogP contribution in [0.4, 0.5) is 0 Å². The van der Waals surface area contributed by atoms with Gasteiger partial charge in [0.1, 0.15) is 5.75 Å². The molecule has 2 heterocycles. The summed E-state index contributed by atoms with van der Waals surface area (Å²) in [6.45, 7) is 2.90. The Labute approximate surface area is 188 Å². The molecule has 0 aliphatic carbocycles. The van der Waals surface area contributed by atoms with E-state index in [1.807, 2.05) is 41.3 Å². The lowest BCUT2D eigenvalue weighted by Crippen LogP contribution is -2.46. The number of hydrogen-bond acceptors (Lipinski definition) is 4. The van der Waals surface area contributed by atoms with Crippen LogP contribution in [-0.4, -0.2) is 60.8 Å². The van der Waals surface area contributed by atoms with Crippen LogP contribution in [0.3, 0.4) is 0 Å². The van der Waals surface area contributed by atoms with Gasteiger partial charge in [0.15, 0.2) is 0 Å². The molecule has 0 spiro atoms. The van der Waals surface area contributed by atoms with Gasteiger partial charge in [0, 0.05) is 51.1 Å². The first-order valence-electron chi connectivity index (χ1n) is 11.4. The number of rotatable bonds is 8. The van der Waals surface area contributed by atoms with Crippen molar-refractivity contribution in [2.24, 2.45) is 5.92 Å². The van der Waals surface area contributed by atoms with E-state index in [0.717, 1.165) is 41.5 Å². The maximum absolute atomic E-state index is 12.9. The lowest BCUT2D eigenvalue weighted by Gasteiger charge is -2.32. The van der Waals surface area contributed by atoms with Crippen LogP contribution in [0.25, 0.3) is 10.8 Å². The average molecular weight is 438 g/mol. The molecule has 0 saturated carbocycles. The standard InChI is InChI=1S/C25H31N3O4/c1-32-22-11-9-18-6-2-3-7-20(18)21(22)16-26-25(31)19-10-12-24(30)28(17-19)15-5-14-27-13-4-8-23(27)29/h2-3,6-7,9,11,19H,4-5,8,10,12-17H2,1H3,(H,26,31)/t19-/m1/s1. The number of carbonyl (C=O) groups excluding carboxylic acids is 3. The zero-order valence-corrected chi connectivity index (χ0v) is 18.6. The largest absolute Gasteiger partial charge is 0.496 e. The van der Waals surface area contributed by atoms with Crippen LogP contribution in [-0.2, 0) is 20.9 Å². The van der Waals surface area contributed by atoms with E-state index in [2.05, 4.69) is 5.32 Å². The molecule has 2 aromatic rings. The van der Waals surface area contributed by atoms with Gasteiger partial charge in [-0.15, -0.1) is 0 Å². The summed E-state index contributed by atoms with van der Waals surface area (Å²) >= 11 is 0. The first-order valence-corrected chi connectivity index (χ1v) is 11.4. The highest BCUT2D eigenvalue weighted by atomic mass is 16.5. The number of hydrogen-bond donors (Lipinski definition) is 1. The molecule has 7 nitrogen and oxygen atoms in total. The molecule has 0 radical (unpaired) electrons. The molecule has 1 N–H and O–H groups in total. The maximum Gasteiger partial charge on any atom is 0.225 e. The van der Waals surface area contributed by atoms with E-state index in [1.165, 1.54) is 0 Å². The Morgan fingerprint density at radius 2 is 1.84 bits per heavy atom. The van der Waals surface area contributed by atoms with Crippen molar-refractivity contribution in [2.75, 3.05) is 33.3 Å². The first-order chi connectivity index (χ1) is 15.6. The molecule has 170 valence electrons. The number of likely N-dealkylation sites (tertiary alicyclic amines) is 2. The van der Waals surface area contributed by atoms with Crippen LogP contribution in [0.2, 0.25) is 0 Å². The number of nitrogens with zero attached hydrogens (tertiary/aromatic N) is 2. The minimum atomic E-state index is -0.220. The summed E-state index contributed by atoms with van der Waals surface area (Å²) in [5.41, 5.74) is 0.956. The number of nitrogens with one attached hydrogen (secondary N) is 1. The molecule has 2 aromatic carbocycles. The molecule has 0 unspecified atom stereocenters. The zero-order chi connectivity index (χ0) is 22.5. The molecule has 4 rings (SSSR count). The van der Waals surface area contributed by atoms with E-state index in [9.17, 15) is 14.4 Å². The summed E-state index contributed by atoms with van der Waals surface area (Å²) in [6, 6.07) is 12.0. The second-order valence-electron chi connectivity index (χ2n) is 8.60. The Hall–Kier alpha value is -3.09. The SMILES string of the molecule is COc1ccc2ccccc2c1CNC(=O)[C@@H]1CCC(=O)N(CCCN2CCCC2=O)C1. The summed E-state index contributed by atoms with van der Waals surface area (Å²) in [5, 5.41) is 5.23. The van der Waals surface area contributed by atoms with Gasteiger partial charge in [0.2, 0.25) is 17.7 Å². The minimum absolute atomic E-state index is 0.0350. The number of benzene rings is 2. The van der Waals surface area contributed by atoms with Crippen molar-refractivity contribution in [3.05, 3.63) is 42.0 Å². The normalized spacial score (nSPS) is 19.0. The topological polar surface area (TPSA) is 79.0 Å². The lowest BCUT2D eigenvalue weighted by atomic mass is 9.96. The van der Waals surface area contributed by atoms with Crippen molar-refractivity contribution in [1.29, 1.82) is 0 Å². The minimum Gasteiger partial charge on any atom is -0.496 e. The highest BCUT2D eigenvalue weighted by molar-refractivity contribution is 5.89. The van der Waals surface area contributed by atoms with Crippen molar-refractivity contribution in [3.63, 3.8) is 0 Å². The number of piperidine rings is 1. The van der Waals surface area contributed by atoms with Gasteiger partial charge in [-0.1, -0.05) is 30.3 Å². The Morgan fingerprint density at radius 3 is 2.62 bits per heavy atom. The van der Waals surface area contributed by atoms with Crippen molar-refractivity contribution in [2.45, 2.75) is 38.6 Å². The molecule has 2 aliphatic heterocycles. The maximum atomic E-state index is 12.9. The number of methoxy groups -OCH3 is 1. The van der Waals surface area contributed by atoms with Crippen molar-refractivity contribution >= 4 is 28.5 Å². The Morgan fingerprint density at radius 1 is 1.06 bits per heavy atom. The number of ether oxygens (including phenoxy) is 1. The van der Waals surface area contributed by atoms with Crippen molar-refractivity contribution in [3.8, 4) is 5.75 Å². The van der Waals surface area contributed by atoms with Gasteiger partial charge in [0.05, 0.1) is 13.0 Å². The predicted octanol–water partition coefficient (Wildman–Crippen LogP) is 2.72. The third-order valence-electron chi connectivity index (χ3n) is 6.56. The molecule has 1 atom stereocenters. The summed E-state index contributed by atoms with van der Waals surface area (Å²) < 4.78 is 5.52. The van der Waals surface area contributed by atoms with Crippen LogP contribution in [0.1, 0.15) is 37.7 Å². The van der Waals surface area contributed by atoms with E-state index < -0.39 is 0 Å². The molecule has 2 fully saturated rings. The van der Waals surface area contributed by atoms with Crippen LogP contribution in [0, 0.1) is 5.92 Å². The lowest BCUT2D eigenvalue weighted by molar-refractivity contribution is -0.138.